The molecule has 66 valence electrons. The topological polar surface area (TPSA) is 66.5 Å². The van der Waals surface area contributed by atoms with Crippen molar-refractivity contribution in [3.05, 3.63) is 29.8 Å². The van der Waals surface area contributed by atoms with Crippen molar-refractivity contribution >= 4 is 0 Å². The summed E-state index contributed by atoms with van der Waals surface area (Å²) in [5.74, 6) is 0.172. The third-order valence-corrected chi connectivity index (χ3v) is 1.91. The first-order valence-electron chi connectivity index (χ1n) is 3.87. The van der Waals surface area contributed by atoms with Crippen molar-refractivity contribution in [3.8, 4) is 5.75 Å². The first-order chi connectivity index (χ1) is 5.56. The Labute approximate surface area is 71.5 Å². The van der Waals surface area contributed by atoms with Gasteiger partial charge in [-0.15, -0.1) is 0 Å². The highest BCUT2D eigenvalue weighted by Gasteiger charge is 2.20. The van der Waals surface area contributed by atoms with Crippen LogP contribution in [0.5, 0.6) is 5.75 Å². The number of phenolic OH excluding ortho intramolecular Hbond substituents is 1. The number of rotatable bonds is 2. The third-order valence-electron chi connectivity index (χ3n) is 1.91. The Kier molecular flexibility index (Phi) is 2.35. The van der Waals surface area contributed by atoms with E-state index in [1.165, 1.54) is 12.1 Å². The Hall–Kier alpha value is -1.06. The van der Waals surface area contributed by atoms with E-state index in [-0.39, 0.29) is 5.75 Å². The zero-order valence-electron chi connectivity index (χ0n) is 6.99. The minimum absolute atomic E-state index is 0.172. The molecule has 0 fully saturated rings. The van der Waals surface area contributed by atoms with Gasteiger partial charge < -0.3 is 10.2 Å². The lowest BCUT2D eigenvalue weighted by Crippen LogP contribution is -2.35. The molecule has 1 rings (SSSR count). The molecule has 3 nitrogen and oxygen atoms in total. The fourth-order valence-corrected chi connectivity index (χ4v) is 0.954. The molecule has 0 aromatic heterocycles. The van der Waals surface area contributed by atoms with Crippen molar-refractivity contribution in [2.45, 2.75) is 19.1 Å². The largest absolute Gasteiger partial charge is 0.508 e. The maximum Gasteiger partial charge on any atom is 0.139 e. The maximum absolute atomic E-state index is 9.58. The van der Waals surface area contributed by atoms with Gasteiger partial charge >= 0.3 is 0 Å². The van der Waals surface area contributed by atoms with Gasteiger partial charge in [0.2, 0.25) is 0 Å². The van der Waals surface area contributed by atoms with E-state index in [1.807, 2.05) is 0 Å². The average molecular weight is 167 g/mol. The fraction of sp³-hybridized carbons (Fsp3) is 0.333. The molecule has 0 heterocycles. The van der Waals surface area contributed by atoms with Crippen LogP contribution >= 0.6 is 0 Å². The molecule has 0 aliphatic carbocycles. The normalized spacial score (nSPS) is 15.6. The van der Waals surface area contributed by atoms with E-state index in [2.05, 4.69) is 0 Å². The van der Waals surface area contributed by atoms with Crippen molar-refractivity contribution in [2.24, 2.45) is 5.73 Å². The van der Waals surface area contributed by atoms with Gasteiger partial charge in [0.15, 0.2) is 0 Å². The van der Waals surface area contributed by atoms with Gasteiger partial charge in [0, 0.05) is 0 Å². The molecule has 0 saturated heterocycles. The Morgan fingerprint density at radius 3 is 2.25 bits per heavy atom. The average Bonchev–Trinajstić information content (AvgIpc) is 2.05. The molecule has 1 atom stereocenters. The molecule has 0 radical (unpaired) electrons. The molecule has 0 aliphatic rings. The number of hydrogen-bond acceptors (Lipinski definition) is 3. The minimum atomic E-state index is -1.28. The molecule has 3 heteroatoms. The van der Waals surface area contributed by atoms with E-state index in [9.17, 15) is 5.11 Å². The molecule has 0 aliphatic heterocycles. The van der Waals surface area contributed by atoms with E-state index in [0.29, 0.717) is 12.0 Å². The Morgan fingerprint density at radius 2 is 1.83 bits per heavy atom. The summed E-state index contributed by atoms with van der Waals surface area (Å²) < 4.78 is 0. The van der Waals surface area contributed by atoms with Crippen LogP contribution in [0.4, 0.5) is 0 Å². The Balaban J connectivity index is 2.96. The van der Waals surface area contributed by atoms with Crippen LogP contribution < -0.4 is 5.73 Å². The molecule has 1 aromatic rings. The van der Waals surface area contributed by atoms with Gasteiger partial charge in [0.05, 0.1) is 0 Å². The molecule has 1 aromatic carbocycles. The van der Waals surface area contributed by atoms with E-state index < -0.39 is 5.72 Å². The van der Waals surface area contributed by atoms with Crippen LogP contribution in [0.25, 0.3) is 0 Å². The number of benzene rings is 1. The van der Waals surface area contributed by atoms with Gasteiger partial charge in [-0.3, -0.25) is 5.73 Å². The smallest absolute Gasteiger partial charge is 0.139 e. The van der Waals surface area contributed by atoms with Crippen LogP contribution in [-0.4, -0.2) is 10.2 Å². The first-order valence-corrected chi connectivity index (χ1v) is 3.87. The van der Waals surface area contributed by atoms with E-state index in [1.54, 1.807) is 19.1 Å². The second kappa shape index (κ2) is 3.13. The predicted molar refractivity (Wildman–Crippen MR) is 46.5 cm³/mol. The maximum atomic E-state index is 9.58. The highest BCUT2D eigenvalue weighted by molar-refractivity contribution is 5.29. The summed E-state index contributed by atoms with van der Waals surface area (Å²) in [7, 11) is 0. The Bertz CT molecular complexity index is 254. The van der Waals surface area contributed by atoms with Crippen LogP contribution in [-0.2, 0) is 5.72 Å². The van der Waals surface area contributed by atoms with Gasteiger partial charge in [0.25, 0.3) is 0 Å². The van der Waals surface area contributed by atoms with Gasteiger partial charge in [-0.1, -0.05) is 19.1 Å². The number of aliphatic hydroxyl groups is 1. The molecule has 0 bridgehead atoms. The highest BCUT2D eigenvalue weighted by atomic mass is 16.3. The van der Waals surface area contributed by atoms with Crippen LogP contribution in [0, 0.1) is 0 Å². The number of nitrogens with two attached hydrogens (primary N) is 1. The van der Waals surface area contributed by atoms with Crippen LogP contribution in [0.2, 0.25) is 0 Å². The SMILES string of the molecule is CCC(N)(O)c1ccc(O)cc1. The molecule has 4 N–H and O–H groups in total. The number of aromatic hydroxyl groups is 1. The fourth-order valence-electron chi connectivity index (χ4n) is 0.954. The summed E-state index contributed by atoms with van der Waals surface area (Å²) in [5.41, 5.74) is 4.89. The zero-order valence-corrected chi connectivity index (χ0v) is 6.99. The quantitative estimate of drug-likeness (QED) is 0.573. The first kappa shape index (κ1) is 9.03. The van der Waals surface area contributed by atoms with E-state index in [4.69, 9.17) is 10.8 Å². The summed E-state index contributed by atoms with van der Waals surface area (Å²) in [4.78, 5) is 0. The van der Waals surface area contributed by atoms with E-state index >= 15 is 0 Å². The van der Waals surface area contributed by atoms with Crippen molar-refractivity contribution in [1.29, 1.82) is 0 Å². The Morgan fingerprint density at radius 1 is 1.33 bits per heavy atom. The van der Waals surface area contributed by atoms with E-state index in [0.717, 1.165) is 0 Å². The lowest BCUT2D eigenvalue weighted by atomic mass is 10.0. The van der Waals surface area contributed by atoms with Crippen LogP contribution in [0.1, 0.15) is 18.9 Å². The van der Waals surface area contributed by atoms with Gasteiger partial charge in [-0.2, -0.15) is 0 Å². The van der Waals surface area contributed by atoms with Crippen molar-refractivity contribution in [1.82, 2.24) is 0 Å². The summed E-state index contributed by atoms with van der Waals surface area (Å²) in [6.07, 6.45) is 0.442. The molecule has 1 unspecified atom stereocenters. The molecule has 0 saturated carbocycles. The second-order valence-corrected chi connectivity index (χ2v) is 2.82. The monoisotopic (exact) mass is 167 g/mol. The van der Waals surface area contributed by atoms with Gasteiger partial charge in [-0.25, -0.2) is 0 Å². The minimum Gasteiger partial charge on any atom is -0.508 e. The number of hydrogen-bond donors (Lipinski definition) is 3. The highest BCUT2D eigenvalue weighted by Crippen LogP contribution is 2.20. The lowest BCUT2D eigenvalue weighted by Gasteiger charge is -2.21. The lowest BCUT2D eigenvalue weighted by molar-refractivity contribution is 0.0394. The number of phenols is 1. The summed E-state index contributed by atoms with van der Waals surface area (Å²) in [6.45, 7) is 1.80. The molecule has 0 spiro atoms. The molecule has 0 amide bonds. The second-order valence-electron chi connectivity index (χ2n) is 2.82. The third kappa shape index (κ3) is 1.75. The van der Waals surface area contributed by atoms with Crippen molar-refractivity contribution in [3.63, 3.8) is 0 Å². The summed E-state index contributed by atoms with van der Waals surface area (Å²) >= 11 is 0. The van der Waals surface area contributed by atoms with Crippen LogP contribution in [0.3, 0.4) is 0 Å². The summed E-state index contributed by atoms with van der Waals surface area (Å²) in [6, 6.07) is 6.23. The molecule has 12 heavy (non-hydrogen) atoms. The summed E-state index contributed by atoms with van der Waals surface area (Å²) in [5, 5.41) is 18.6. The van der Waals surface area contributed by atoms with Gasteiger partial charge in [-0.05, 0) is 24.1 Å². The van der Waals surface area contributed by atoms with Crippen LogP contribution in [0.15, 0.2) is 24.3 Å². The molecular formula is C9H13NO2. The predicted octanol–water partition coefficient (Wildman–Crippen LogP) is 0.906. The molecular weight excluding hydrogens is 154 g/mol. The zero-order chi connectivity index (χ0) is 9.19. The van der Waals surface area contributed by atoms with Crippen molar-refractivity contribution in [2.75, 3.05) is 0 Å². The standard InChI is InChI=1S/C9H13NO2/c1-2-9(10,12)7-3-5-8(11)6-4-7/h3-6,11-12H,2,10H2,1H3. The van der Waals surface area contributed by atoms with Gasteiger partial charge in [0.1, 0.15) is 11.5 Å². The van der Waals surface area contributed by atoms with Crippen molar-refractivity contribution < 1.29 is 10.2 Å².